The van der Waals surface area contributed by atoms with E-state index in [-0.39, 0.29) is 30.9 Å². The number of anilines is 1. The van der Waals surface area contributed by atoms with Crippen LogP contribution in [0.1, 0.15) is 34.6 Å². The Balaban J connectivity index is 1.60. The molecule has 0 saturated carbocycles. The van der Waals surface area contributed by atoms with Gasteiger partial charge in [0.2, 0.25) is 17.7 Å². The molecule has 2 fully saturated rings. The molecule has 4 aliphatic rings. The first-order chi connectivity index (χ1) is 18.0. The van der Waals surface area contributed by atoms with Gasteiger partial charge in [0.1, 0.15) is 17.4 Å². The molecule has 204 valence electrons. The van der Waals surface area contributed by atoms with Crippen LogP contribution in [0.4, 0.5) is 5.69 Å². The van der Waals surface area contributed by atoms with E-state index >= 15 is 0 Å². The molecule has 9 nitrogen and oxygen atoms in total. The van der Waals surface area contributed by atoms with Crippen LogP contribution < -0.4 is 9.64 Å². The Morgan fingerprint density at radius 3 is 2.32 bits per heavy atom. The van der Waals surface area contributed by atoms with E-state index in [0.717, 1.165) is 0 Å². The third-order valence-electron chi connectivity index (χ3n) is 8.17. The predicted molar refractivity (Wildman–Crippen MR) is 141 cm³/mol. The summed E-state index contributed by atoms with van der Waals surface area (Å²) in [7, 11) is 0. The number of hydrogen-bond acceptors (Lipinski definition) is 6. The zero-order valence-corrected chi connectivity index (χ0v) is 22.7. The van der Waals surface area contributed by atoms with Crippen LogP contribution in [0.2, 0.25) is 0 Å². The van der Waals surface area contributed by atoms with Gasteiger partial charge in [-0.2, -0.15) is 0 Å². The van der Waals surface area contributed by atoms with E-state index in [1.165, 1.54) is 4.90 Å². The molecule has 38 heavy (non-hydrogen) atoms. The molecule has 4 aliphatic heterocycles. The highest BCUT2D eigenvalue weighted by atomic mass is 16.5. The van der Waals surface area contributed by atoms with Gasteiger partial charge in [0, 0.05) is 30.9 Å². The van der Waals surface area contributed by atoms with Crippen molar-refractivity contribution in [2.45, 2.75) is 57.4 Å². The van der Waals surface area contributed by atoms with Crippen LogP contribution in [-0.4, -0.2) is 88.3 Å². The summed E-state index contributed by atoms with van der Waals surface area (Å²) in [5.41, 5.74) is -2.23. The number of aliphatic hydroxyl groups excluding tert-OH is 1. The van der Waals surface area contributed by atoms with Crippen LogP contribution in [0.3, 0.4) is 0 Å². The average molecular weight is 524 g/mol. The summed E-state index contributed by atoms with van der Waals surface area (Å²) in [5.74, 6) is -1.89. The van der Waals surface area contributed by atoms with Crippen LogP contribution in [0, 0.1) is 11.8 Å². The first-order valence-electron chi connectivity index (χ1n) is 13.3. The van der Waals surface area contributed by atoms with Gasteiger partial charge >= 0.3 is 0 Å². The molecule has 1 aromatic rings. The summed E-state index contributed by atoms with van der Waals surface area (Å²) in [6.45, 7) is 10.5. The lowest BCUT2D eigenvalue weighted by atomic mass is 9.74. The Morgan fingerprint density at radius 1 is 1.00 bits per heavy atom. The zero-order valence-electron chi connectivity index (χ0n) is 22.7. The summed E-state index contributed by atoms with van der Waals surface area (Å²) in [6, 6.07) is 6.33. The number of β-amino-alcohol motifs (C(OH)–C–C–N with tert-alkyl or cyclic N) is 1. The van der Waals surface area contributed by atoms with Crippen molar-refractivity contribution in [2.75, 3.05) is 37.7 Å². The van der Waals surface area contributed by atoms with Gasteiger partial charge < -0.3 is 29.3 Å². The monoisotopic (exact) mass is 523 g/mol. The minimum atomic E-state index is -1.33. The third-order valence-corrected chi connectivity index (χ3v) is 8.17. The van der Waals surface area contributed by atoms with E-state index in [1.807, 2.05) is 83.2 Å². The van der Waals surface area contributed by atoms with E-state index in [1.54, 1.807) is 9.80 Å². The number of likely N-dealkylation sites (tertiary alicyclic amines) is 1. The molecule has 0 bridgehead atoms. The van der Waals surface area contributed by atoms with Crippen LogP contribution in [0.15, 0.2) is 48.6 Å². The van der Waals surface area contributed by atoms with Crippen LogP contribution in [0.25, 0.3) is 0 Å². The van der Waals surface area contributed by atoms with Crippen LogP contribution >= 0.6 is 0 Å². The molecule has 5 rings (SSSR count). The number of ether oxygens (including phenoxy) is 2. The second-order valence-electron chi connectivity index (χ2n) is 11.6. The fourth-order valence-corrected chi connectivity index (χ4v) is 6.59. The number of aliphatic hydroxyl groups is 1. The number of hydrogen-bond donors (Lipinski definition) is 1. The minimum Gasteiger partial charge on any atom is -0.494 e. The van der Waals surface area contributed by atoms with E-state index in [0.29, 0.717) is 31.1 Å². The molecule has 0 radical (unpaired) electrons. The summed E-state index contributed by atoms with van der Waals surface area (Å²) in [6.07, 6.45) is 7.45. The lowest BCUT2D eigenvalue weighted by molar-refractivity contribution is -0.154. The van der Waals surface area contributed by atoms with Crippen molar-refractivity contribution in [2.24, 2.45) is 11.8 Å². The van der Waals surface area contributed by atoms with Gasteiger partial charge in [0.15, 0.2) is 0 Å². The molecule has 2 saturated heterocycles. The Kier molecular flexibility index (Phi) is 6.43. The highest BCUT2D eigenvalue weighted by Crippen LogP contribution is 2.57. The van der Waals surface area contributed by atoms with Crippen molar-refractivity contribution in [1.29, 1.82) is 0 Å². The molecule has 4 heterocycles. The van der Waals surface area contributed by atoms with Crippen molar-refractivity contribution in [3.63, 3.8) is 0 Å². The van der Waals surface area contributed by atoms with E-state index in [9.17, 15) is 19.5 Å². The largest absolute Gasteiger partial charge is 0.494 e. The molecule has 1 N–H and O–H groups in total. The Morgan fingerprint density at radius 2 is 1.68 bits per heavy atom. The molecular formula is C29H37N3O6. The smallest absolute Gasteiger partial charge is 0.249 e. The van der Waals surface area contributed by atoms with E-state index in [2.05, 4.69) is 0 Å². The number of benzene rings is 1. The fourth-order valence-electron chi connectivity index (χ4n) is 6.59. The highest BCUT2D eigenvalue weighted by Gasteiger charge is 2.74. The highest BCUT2D eigenvalue weighted by molar-refractivity contribution is 6.04. The van der Waals surface area contributed by atoms with Gasteiger partial charge in [0.05, 0.1) is 30.7 Å². The maximum absolute atomic E-state index is 14.3. The van der Waals surface area contributed by atoms with E-state index in [4.69, 9.17) is 9.47 Å². The number of amides is 3. The first kappa shape index (κ1) is 26.4. The molecule has 1 spiro atoms. The predicted octanol–water partition coefficient (Wildman–Crippen LogP) is 2.15. The minimum absolute atomic E-state index is 0.0151. The Hall–Kier alpha value is -3.17. The van der Waals surface area contributed by atoms with Crippen molar-refractivity contribution >= 4 is 23.4 Å². The molecule has 0 aromatic heterocycles. The van der Waals surface area contributed by atoms with Gasteiger partial charge in [-0.15, -0.1) is 0 Å². The summed E-state index contributed by atoms with van der Waals surface area (Å²) >= 11 is 0. The number of carbonyl (C=O) groups is 3. The maximum Gasteiger partial charge on any atom is 0.249 e. The van der Waals surface area contributed by atoms with Gasteiger partial charge in [0.25, 0.3) is 0 Å². The van der Waals surface area contributed by atoms with Crippen LogP contribution in [0.5, 0.6) is 5.75 Å². The normalized spacial score (nSPS) is 32.7. The Labute approximate surface area is 223 Å². The molecule has 9 heteroatoms. The Bertz CT molecular complexity index is 1190. The number of carbonyl (C=O) groups excluding carboxylic acids is 3. The first-order valence-corrected chi connectivity index (χ1v) is 13.3. The summed E-state index contributed by atoms with van der Waals surface area (Å²) in [4.78, 5) is 47.3. The number of nitrogens with zero attached hydrogens (tertiary/aromatic N) is 3. The van der Waals surface area contributed by atoms with E-state index < -0.39 is 34.6 Å². The molecule has 1 unspecified atom stereocenters. The number of fused-ring (bicyclic) bond motifs is 2. The summed E-state index contributed by atoms with van der Waals surface area (Å²) < 4.78 is 12.3. The van der Waals surface area contributed by atoms with Crippen molar-refractivity contribution in [3.05, 3.63) is 48.6 Å². The lowest BCUT2D eigenvalue weighted by Gasteiger charge is -2.41. The quantitative estimate of drug-likeness (QED) is 0.594. The standard InChI is InChI=1S/C29H37N3O6/c1-6-37-20-11-9-19(10-12-20)30-15-7-13-28(5)21(24(30)34)22-25(35)31(17-18-33)23-26(36)32(27(2,3)4)16-8-14-29(22,23)38-28/h7-14,21-23,33H,6,15-18H2,1-5H3/t21-,22+,23?,28+,29+/m1/s1. The summed E-state index contributed by atoms with van der Waals surface area (Å²) in [5, 5.41) is 9.84. The second-order valence-corrected chi connectivity index (χ2v) is 11.6. The molecular weight excluding hydrogens is 486 g/mol. The van der Waals surface area contributed by atoms with Crippen molar-refractivity contribution in [1.82, 2.24) is 9.80 Å². The second kappa shape index (κ2) is 9.24. The molecule has 0 aliphatic carbocycles. The molecule has 1 aromatic carbocycles. The van der Waals surface area contributed by atoms with Gasteiger partial charge in [-0.3, -0.25) is 14.4 Å². The topological polar surface area (TPSA) is 99.6 Å². The molecule has 3 amide bonds. The van der Waals surface area contributed by atoms with Gasteiger partial charge in [-0.05, 0) is 58.9 Å². The third kappa shape index (κ3) is 3.86. The van der Waals surface area contributed by atoms with Crippen molar-refractivity contribution in [3.8, 4) is 5.75 Å². The number of rotatable bonds is 5. The zero-order chi connectivity index (χ0) is 27.5. The van der Waals surface area contributed by atoms with Gasteiger partial charge in [-0.25, -0.2) is 0 Å². The lowest BCUT2D eigenvalue weighted by Crippen LogP contribution is -2.59. The van der Waals surface area contributed by atoms with Crippen molar-refractivity contribution < 1.29 is 29.0 Å². The average Bonchev–Trinajstić information content (AvgIpc) is 3.10. The maximum atomic E-state index is 14.3. The van der Waals surface area contributed by atoms with Crippen LogP contribution in [-0.2, 0) is 19.1 Å². The SMILES string of the molecule is CCOc1ccc(N2CC=C[C@]3(C)O[C@]45C=CCN(C(C)(C)C)C(=O)C4N(CCO)C(=O)[C@@H]5[C@@H]3C2=O)cc1. The molecule has 5 atom stereocenters. The fraction of sp³-hybridized carbons (Fsp3) is 0.552. The van der Waals surface area contributed by atoms with Gasteiger partial charge in [-0.1, -0.05) is 24.3 Å².